The van der Waals surface area contributed by atoms with E-state index in [0.29, 0.717) is 0 Å². The molecule has 124 valence electrons. The second-order valence-electron chi connectivity index (χ2n) is 4.44. The van der Waals surface area contributed by atoms with Crippen LogP contribution in [0, 0.1) is 0 Å². The quantitative estimate of drug-likeness (QED) is 0.466. The molecule has 0 radical (unpaired) electrons. The summed E-state index contributed by atoms with van der Waals surface area (Å²) in [5.41, 5.74) is 0.822. The number of carbonyl (C=O) groups excluding carboxylic acids is 3. The Labute approximate surface area is 134 Å². The van der Waals surface area contributed by atoms with Crippen LogP contribution < -0.4 is 5.32 Å². The largest absolute Gasteiger partial charge is 0.467 e. The molecule has 0 spiro atoms. The Balaban J connectivity index is 2.52. The minimum atomic E-state index is -0.954. The molecule has 0 saturated heterocycles. The zero-order valence-electron chi connectivity index (χ0n) is 13.0. The monoisotopic (exact) mass is 321 g/mol. The van der Waals surface area contributed by atoms with Crippen molar-refractivity contribution in [3.8, 4) is 0 Å². The molecule has 0 bridgehead atoms. The van der Waals surface area contributed by atoms with Crippen LogP contribution in [-0.4, -0.2) is 38.3 Å². The van der Waals surface area contributed by atoms with Crippen LogP contribution in [0.2, 0.25) is 0 Å². The molecule has 0 aliphatic heterocycles. The van der Waals surface area contributed by atoms with E-state index >= 15 is 0 Å². The van der Waals surface area contributed by atoms with Crippen molar-refractivity contribution in [2.45, 2.75) is 19.1 Å². The summed E-state index contributed by atoms with van der Waals surface area (Å²) in [5, 5.41) is 2.39. The van der Waals surface area contributed by atoms with Gasteiger partial charge in [0.2, 0.25) is 0 Å². The fourth-order valence-corrected chi connectivity index (χ4v) is 1.63. The number of esters is 2. The summed E-state index contributed by atoms with van der Waals surface area (Å²) < 4.78 is 14.1. The van der Waals surface area contributed by atoms with E-state index in [9.17, 15) is 14.4 Å². The molecule has 0 heterocycles. The van der Waals surface area contributed by atoms with Crippen molar-refractivity contribution in [1.82, 2.24) is 5.32 Å². The molecule has 7 heteroatoms. The van der Waals surface area contributed by atoms with Crippen LogP contribution in [0.3, 0.4) is 0 Å². The lowest BCUT2D eigenvalue weighted by molar-refractivity contribution is -0.143. The van der Waals surface area contributed by atoms with E-state index in [1.165, 1.54) is 20.3 Å². The third kappa shape index (κ3) is 7.12. The molecule has 1 rings (SSSR count). The fraction of sp³-hybridized carbons (Fsp3) is 0.312. The van der Waals surface area contributed by atoms with Crippen molar-refractivity contribution in [3.05, 3.63) is 48.0 Å². The second kappa shape index (κ2) is 9.99. The van der Waals surface area contributed by atoms with Gasteiger partial charge in [0, 0.05) is 6.08 Å². The standard InChI is InChI=1S/C16H19NO6/c1-21-14(18)10-6-9-13(15(19)22-2)17-16(20)23-11-12-7-4-3-5-8-12/h3-8,10,13H,9,11H2,1-2H3,(H,17,20)/b10-6+. The van der Waals surface area contributed by atoms with Crippen LogP contribution in [0.4, 0.5) is 4.79 Å². The Kier molecular flexibility index (Phi) is 7.91. The Morgan fingerprint density at radius 2 is 1.83 bits per heavy atom. The van der Waals surface area contributed by atoms with Crippen LogP contribution in [0.15, 0.2) is 42.5 Å². The predicted molar refractivity (Wildman–Crippen MR) is 81.3 cm³/mol. The van der Waals surface area contributed by atoms with E-state index in [0.717, 1.165) is 11.6 Å². The summed E-state index contributed by atoms with van der Waals surface area (Å²) in [6, 6.07) is 8.17. The highest BCUT2D eigenvalue weighted by molar-refractivity contribution is 5.83. The summed E-state index contributed by atoms with van der Waals surface area (Å²) in [6.45, 7) is 0.0819. The number of amides is 1. The minimum absolute atomic E-state index is 0.0716. The molecule has 0 aromatic heterocycles. The maximum atomic E-state index is 11.7. The summed E-state index contributed by atoms with van der Waals surface area (Å²) in [4.78, 5) is 34.3. The van der Waals surface area contributed by atoms with Gasteiger partial charge in [-0.3, -0.25) is 0 Å². The zero-order chi connectivity index (χ0) is 17.1. The van der Waals surface area contributed by atoms with Gasteiger partial charge in [0.1, 0.15) is 12.6 Å². The van der Waals surface area contributed by atoms with E-state index < -0.39 is 24.1 Å². The number of nitrogens with one attached hydrogen (secondary N) is 1. The molecule has 1 N–H and O–H groups in total. The Morgan fingerprint density at radius 3 is 2.43 bits per heavy atom. The lowest BCUT2D eigenvalue weighted by Crippen LogP contribution is -2.41. The summed E-state index contributed by atoms with van der Waals surface area (Å²) >= 11 is 0. The third-order valence-electron chi connectivity index (χ3n) is 2.82. The Bertz CT molecular complexity index is 555. The smallest absolute Gasteiger partial charge is 0.408 e. The van der Waals surface area contributed by atoms with Gasteiger partial charge in [0.15, 0.2) is 0 Å². The topological polar surface area (TPSA) is 90.9 Å². The second-order valence-corrected chi connectivity index (χ2v) is 4.44. The van der Waals surface area contributed by atoms with Gasteiger partial charge in [0.25, 0.3) is 0 Å². The van der Waals surface area contributed by atoms with Crippen molar-refractivity contribution in [1.29, 1.82) is 0 Å². The van der Waals surface area contributed by atoms with Crippen LogP contribution in [-0.2, 0) is 30.4 Å². The fourth-order valence-electron chi connectivity index (χ4n) is 1.63. The number of ether oxygens (including phenoxy) is 3. The van der Waals surface area contributed by atoms with E-state index in [2.05, 4.69) is 14.8 Å². The molecule has 0 saturated carbocycles. The van der Waals surface area contributed by atoms with Gasteiger partial charge < -0.3 is 19.5 Å². The number of rotatable bonds is 7. The molecule has 0 fully saturated rings. The number of alkyl carbamates (subject to hydrolysis) is 1. The van der Waals surface area contributed by atoms with Gasteiger partial charge in [-0.25, -0.2) is 14.4 Å². The van der Waals surface area contributed by atoms with Crippen LogP contribution in [0.25, 0.3) is 0 Å². The van der Waals surface area contributed by atoms with E-state index in [1.54, 1.807) is 0 Å². The minimum Gasteiger partial charge on any atom is -0.467 e. The molecule has 0 aliphatic rings. The highest BCUT2D eigenvalue weighted by Crippen LogP contribution is 2.02. The average molecular weight is 321 g/mol. The van der Waals surface area contributed by atoms with Crippen LogP contribution in [0.1, 0.15) is 12.0 Å². The zero-order valence-corrected chi connectivity index (χ0v) is 13.0. The van der Waals surface area contributed by atoms with Crippen molar-refractivity contribution < 1.29 is 28.6 Å². The molecular weight excluding hydrogens is 302 g/mol. The van der Waals surface area contributed by atoms with E-state index in [4.69, 9.17) is 4.74 Å². The first-order valence-corrected chi connectivity index (χ1v) is 6.86. The molecular formula is C16H19NO6. The Morgan fingerprint density at radius 1 is 1.13 bits per heavy atom. The first-order chi connectivity index (χ1) is 11.1. The third-order valence-corrected chi connectivity index (χ3v) is 2.82. The summed E-state index contributed by atoms with van der Waals surface area (Å²) in [5.74, 6) is -1.20. The first kappa shape index (κ1) is 18.2. The number of benzene rings is 1. The maximum Gasteiger partial charge on any atom is 0.408 e. The molecule has 1 aromatic carbocycles. The molecule has 1 aromatic rings. The molecule has 23 heavy (non-hydrogen) atoms. The van der Waals surface area contributed by atoms with Gasteiger partial charge in [-0.1, -0.05) is 36.4 Å². The van der Waals surface area contributed by atoms with Gasteiger partial charge in [-0.15, -0.1) is 0 Å². The number of hydrogen-bond acceptors (Lipinski definition) is 6. The van der Waals surface area contributed by atoms with Gasteiger partial charge in [-0.2, -0.15) is 0 Å². The predicted octanol–water partition coefficient (Wildman–Crippen LogP) is 1.57. The van der Waals surface area contributed by atoms with Gasteiger partial charge in [0.05, 0.1) is 14.2 Å². The SMILES string of the molecule is COC(=O)/C=C/CC(NC(=O)OCc1ccccc1)C(=O)OC. The molecule has 0 aliphatic carbocycles. The molecule has 1 amide bonds. The van der Waals surface area contributed by atoms with Gasteiger partial charge in [-0.05, 0) is 12.0 Å². The first-order valence-electron chi connectivity index (χ1n) is 6.86. The lowest BCUT2D eigenvalue weighted by atomic mass is 10.2. The lowest BCUT2D eigenvalue weighted by Gasteiger charge is -2.14. The summed E-state index contributed by atoms with van der Waals surface area (Å²) in [7, 11) is 2.44. The number of methoxy groups -OCH3 is 2. The van der Waals surface area contributed by atoms with Crippen molar-refractivity contribution >= 4 is 18.0 Å². The molecule has 1 atom stereocenters. The summed E-state index contributed by atoms with van der Waals surface area (Å²) in [6.07, 6.45) is 1.88. The average Bonchev–Trinajstić information content (AvgIpc) is 2.59. The van der Waals surface area contributed by atoms with Crippen LogP contribution in [0.5, 0.6) is 0 Å². The van der Waals surface area contributed by atoms with Crippen molar-refractivity contribution in [2.75, 3.05) is 14.2 Å². The van der Waals surface area contributed by atoms with Crippen molar-refractivity contribution in [3.63, 3.8) is 0 Å². The van der Waals surface area contributed by atoms with E-state index in [-0.39, 0.29) is 13.0 Å². The highest BCUT2D eigenvalue weighted by atomic mass is 16.6. The number of hydrogen-bond donors (Lipinski definition) is 1. The van der Waals surface area contributed by atoms with Gasteiger partial charge >= 0.3 is 18.0 Å². The molecule has 7 nitrogen and oxygen atoms in total. The van der Waals surface area contributed by atoms with Crippen molar-refractivity contribution in [2.24, 2.45) is 0 Å². The van der Waals surface area contributed by atoms with E-state index in [1.807, 2.05) is 30.3 Å². The Hall–Kier alpha value is -2.83. The number of carbonyl (C=O) groups is 3. The highest BCUT2D eigenvalue weighted by Gasteiger charge is 2.21. The normalized spacial score (nSPS) is 11.6. The maximum absolute atomic E-state index is 11.7. The van der Waals surface area contributed by atoms with Crippen LogP contribution >= 0.6 is 0 Å². The molecule has 1 unspecified atom stereocenters.